The Hall–Kier alpha value is -5.70. The Balaban J connectivity index is 1.22. The van der Waals surface area contributed by atoms with Crippen LogP contribution in [0.2, 0.25) is 0 Å². The van der Waals surface area contributed by atoms with Crippen LogP contribution in [0.4, 0.5) is 5.82 Å². The van der Waals surface area contributed by atoms with E-state index in [2.05, 4.69) is 22.2 Å². The highest BCUT2D eigenvalue weighted by Gasteiger charge is 2.28. The molecule has 0 spiro atoms. The first-order valence-electron chi connectivity index (χ1n) is 14.9. The zero-order chi connectivity index (χ0) is 30.6. The maximum Gasteiger partial charge on any atom is 0.263 e. The second-order valence-electron chi connectivity index (χ2n) is 10.8. The third-order valence-corrected chi connectivity index (χ3v) is 7.86. The molecule has 0 bridgehead atoms. The third-order valence-electron chi connectivity index (χ3n) is 7.86. The van der Waals surface area contributed by atoms with Crippen LogP contribution in [0.5, 0.6) is 17.2 Å². The van der Waals surface area contributed by atoms with Crippen LogP contribution in [0.15, 0.2) is 114 Å². The zero-order valence-electron chi connectivity index (χ0n) is 24.8. The number of carbonyl (C=O) groups excluding carboxylic acids is 1. The number of hydrogen-bond donors (Lipinski definition) is 0. The average molecular weight is 598 g/mol. The SMILES string of the molecule is COc1ccccc1C(=O)N1CCN(c2nc(Cc3ccccc3)nc3onc(-c4cccc(Oc5ccccc5)c4)c23)CC1. The number of aromatic nitrogens is 3. The molecule has 1 fully saturated rings. The van der Waals surface area contributed by atoms with E-state index in [0.717, 1.165) is 28.1 Å². The van der Waals surface area contributed by atoms with E-state index in [1.54, 1.807) is 13.2 Å². The molecule has 0 saturated carbocycles. The second kappa shape index (κ2) is 12.5. The summed E-state index contributed by atoms with van der Waals surface area (Å²) in [5.41, 5.74) is 3.54. The van der Waals surface area contributed by atoms with Crippen molar-refractivity contribution in [2.45, 2.75) is 6.42 Å². The van der Waals surface area contributed by atoms with Gasteiger partial charge >= 0.3 is 0 Å². The zero-order valence-corrected chi connectivity index (χ0v) is 24.8. The van der Waals surface area contributed by atoms with Gasteiger partial charge in [-0.3, -0.25) is 4.79 Å². The normalized spacial score (nSPS) is 13.2. The number of rotatable bonds is 8. The van der Waals surface area contributed by atoms with E-state index in [4.69, 9.17) is 24.0 Å². The first-order chi connectivity index (χ1) is 22.2. The van der Waals surface area contributed by atoms with Crippen molar-refractivity contribution in [1.29, 1.82) is 0 Å². The topological polar surface area (TPSA) is 93.8 Å². The Labute approximate surface area is 260 Å². The number of methoxy groups -OCH3 is 1. The third kappa shape index (κ3) is 5.92. The Morgan fingerprint density at radius 1 is 0.800 bits per heavy atom. The number of hydrogen-bond acceptors (Lipinski definition) is 8. The standard InChI is InChI=1S/C36H31N5O4/c1-43-30-18-9-8-17-29(30)36(42)41-21-19-40(20-22-41)34-32-33(26-13-10-16-28(24-26)44-27-14-6-3-7-15-27)39-45-35(32)38-31(37-34)23-25-11-4-2-5-12-25/h2-18,24H,19-23H2,1H3. The largest absolute Gasteiger partial charge is 0.496 e. The van der Waals surface area contributed by atoms with Crippen LogP contribution in [0, 0.1) is 0 Å². The molecule has 224 valence electrons. The van der Waals surface area contributed by atoms with Crippen molar-refractivity contribution in [3.05, 3.63) is 126 Å². The molecule has 1 amide bonds. The highest BCUT2D eigenvalue weighted by Crippen LogP contribution is 2.36. The molecule has 9 heteroatoms. The van der Waals surface area contributed by atoms with Crippen molar-refractivity contribution in [3.8, 4) is 28.5 Å². The molecule has 1 saturated heterocycles. The van der Waals surface area contributed by atoms with Crippen molar-refractivity contribution in [2.24, 2.45) is 0 Å². The number of carbonyl (C=O) groups is 1. The van der Waals surface area contributed by atoms with Gasteiger partial charge in [0.15, 0.2) is 0 Å². The molecule has 6 aromatic rings. The summed E-state index contributed by atoms with van der Waals surface area (Å²) in [5.74, 6) is 3.32. The van der Waals surface area contributed by atoms with Crippen molar-refractivity contribution < 1.29 is 18.8 Å². The number of ether oxygens (including phenoxy) is 2. The molecule has 0 aliphatic carbocycles. The van der Waals surface area contributed by atoms with Crippen molar-refractivity contribution in [2.75, 3.05) is 38.2 Å². The number of para-hydroxylation sites is 2. The predicted molar refractivity (Wildman–Crippen MR) is 172 cm³/mol. The lowest BCUT2D eigenvalue weighted by Gasteiger charge is -2.36. The summed E-state index contributed by atoms with van der Waals surface area (Å²) in [6.45, 7) is 2.22. The number of benzene rings is 4. The van der Waals surface area contributed by atoms with E-state index < -0.39 is 0 Å². The van der Waals surface area contributed by atoms with Gasteiger partial charge in [-0.15, -0.1) is 0 Å². The lowest BCUT2D eigenvalue weighted by atomic mass is 10.1. The van der Waals surface area contributed by atoms with Crippen molar-refractivity contribution in [1.82, 2.24) is 20.0 Å². The minimum atomic E-state index is -0.0504. The van der Waals surface area contributed by atoms with Crippen LogP contribution in [0.1, 0.15) is 21.7 Å². The van der Waals surface area contributed by atoms with Gasteiger partial charge in [0.1, 0.15) is 40.0 Å². The molecular formula is C36H31N5O4. The van der Waals surface area contributed by atoms with Crippen LogP contribution in [-0.4, -0.2) is 59.2 Å². The van der Waals surface area contributed by atoms with Gasteiger partial charge in [0, 0.05) is 38.2 Å². The van der Waals surface area contributed by atoms with E-state index in [-0.39, 0.29) is 5.91 Å². The van der Waals surface area contributed by atoms with E-state index in [9.17, 15) is 4.79 Å². The van der Waals surface area contributed by atoms with Crippen LogP contribution >= 0.6 is 0 Å². The van der Waals surface area contributed by atoms with E-state index in [0.29, 0.717) is 66.9 Å². The van der Waals surface area contributed by atoms with Gasteiger partial charge in [0.25, 0.3) is 11.6 Å². The first-order valence-corrected chi connectivity index (χ1v) is 14.9. The quantitative estimate of drug-likeness (QED) is 0.193. The molecule has 3 heterocycles. The minimum Gasteiger partial charge on any atom is -0.496 e. The highest BCUT2D eigenvalue weighted by atomic mass is 16.5. The number of amides is 1. The molecule has 0 radical (unpaired) electrons. The van der Waals surface area contributed by atoms with Gasteiger partial charge in [0.05, 0.1) is 12.7 Å². The van der Waals surface area contributed by atoms with Crippen LogP contribution in [0.25, 0.3) is 22.4 Å². The molecule has 4 aromatic carbocycles. The highest BCUT2D eigenvalue weighted by molar-refractivity contribution is 5.99. The molecule has 45 heavy (non-hydrogen) atoms. The summed E-state index contributed by atoms with van der Waals surface area (Å²) in [5, 5.41) is 5.21. The lowest BCUT2D eigenvalue weighted by Crippen LogP contribution is -2.49. The van der Waals surface area contributed by atoms with Crippen LogP contribution in [-0.2, 0) is 6.42 Å². The molecule has 0 N–H and O–H groups in total. The smallest absolute Gasteiger partial charge is 0.263 e. The summed E-state index contributed by atoms with van der Waals surface area (Å²) in [6, 6.07) is 34.8. The summed E-state index contributed by atoms with van der Waals surface area (Å²) < 4.78 is 17.4. The molecule has 0 atom stereocenters. The number of anilines is 1. The van der Waals surface area contributed by atoms with Gasteiger partial charge in [-0.05, 0) is 42.0 Å². The Morgan fingerprint density at radius 3 is 2.29 bits per heavy atom. The van der Waals surface area contributed by atoms with Gasteiger partial charge in [0.2, 0.25) is 0 Å². The molecule has 1 aliphatic heterocycles. The second-order valence-corrected chi connectivity index (χ2v) is 10.8. The fourth-order valence-electron chi connectivity index (χ4n) is 5.61. The summed E-state index contributed by atoms with van der Waals surface area (Å²) >= 11 is 0. The Bertz CT molecular complexity index is 1940. The molecular weight excluding hydrogens is 566 g/mol. The first kappa shape index (κ1) is 28.1. The average Bonchev–Trinajstić information content (AvgIpc) is 3.53. The lowest BCUT2D eigenvalue weighted by molar-refractivity contribution is 0.0743. The molecule has 2 aromatic heterocycles. The van der Waals surface area contributed by atoms with Gasteiger partial charge < -0.3 is 23.8 Å². The fraction of sp³-hybridized carbons (Fsp3) is 0.167. The van der Waals surface area contributed by atoms with E-state index in [1.165, 1.54) is 0 Å². The Morgan fingerprint density at radius 2 is 1.51 bits per heavy atom. The Kier molecular flexibility index (Phi) is 7.80. The summed E-state index contributed by atoms with van der Waals surface area (Å²) in [6.07, 6.45) is 0.548. The van der Waals surface area contributed by atoms with Crippen molar-refractivity contribution >= 4 is 22.8 Å². The summed E-state index contributed by atoms with van der Waals surface area (Å²) in [4.78, 5) is 27.3. The fourth-order valence-corrected chi connectivity index (χ4v) is 5.61. The van der Waals surface area contributed by atoms with Gasteiger partial charge in [-0.2, -0.15) is 4.98 Å². The molecule has 7 rings (SSSR count). The number of nitrogens with zero attached hydrogens (tertiary/aromatic N) is 5. The van der Waals surface area contributed by atoms with Crippen LogP contribution < -0.4 is 14.4 Å². The molecule has 9 nitrogen and oxygen atoms in total. The number of piperazine rings is 1. The van der Waals surface area contributed by atoms with E-state index in [1.807, 2.05) is 95.9 Å². The minimum absolute atomic E-state index is 0.0504. The summed E-state index contributed by atoms with van der Waals surface area (Å²) in [7, 11) is 1.58. The maximum atomic E-state index is 13.4. The van der Waals surface area contributed by atoms with Gasteiger partial charge in [-0.1, -0.05) is 78.0 Å². The number of fused-ring (bicyclic) bond motifs is 1. The molecule has 0 unspecified atom stereocenters. The monoisotopic (exact) mass is 597 g/mol. The maximum absolute atomic E-state index is 13.4. The predicted octanol–water partition coefficient (Wildman–Crippen LogP) is 6.64. The van der Waals surface area contributed by atoms with Crippen LogP contribution in [0.3, 0.4) is 0 Å². The van der Waals surface area contributed by atoms with Gasteiger partial charge in [-0.25, -0.2) is 4.98 Å². The van der Waals surface area contributed by atoms with E-state index >= 15 is 0 Å². The molecule has 1 aliphatic rings. The van der Waals surface area contributed by atoms with Crippen molar-refractivity contribution in [3.63, 3.8) is 0 Å².